The SMILES string of the molecule is CN=C(NCCc1ccc(OCC(=O)NC2CC2)cc1)NCC(C)Oc1cccc(F)c1.I. The monoisotopic (exact) mass is 570 g/mol. The number of aliphatic imine (C=N–C) groups is 1. The van der Waals surface area contributed by atoms with Gasteiger partial charge in [-0.1, -0.05) is 18.2 Å². The molecule has 1 amide bonds. The summed E-state index contributed by atoms with van der Waals surface area (Å²) >= 11 is 0. The Balaban J connectivity index is 0.00000385. The molecule has 1 aliphatic rings. The lowest BCUT2D eigenvalue weighted by molar-refractivity contribution is -0.123. The quantitative estimate of drug-likeness (QED) is 0.220. The summed E-state index contributed by atoms with van der Waals surface area (Å²) in [5.74, 6) is 1.45. The maximum Gasteiger partial charge on any atom is 0.258 e. The Morgan fingerprint density at radius 1 is 1.15 bits per heavy atom. The maximum atomic E-state index is 13.3. The first-order valence-corrected chi connectivity index (χ1v) is 10.9. The van der Waals surface area contributed by atoms with Crippen LogP contribution in [-0.4, -0.2) is 50.8 Å². The van der Waals surface area contributed by atoms with Crippen LogP contribution in [0.1, 0.15) is 25.3 Å². The summed E-state index contributed by atoms with van der Waals surface area (Å²) in [5.41, 5.74) is 1.14. The number of carbonyl (C=O) groups excluding carboxylic acids is 1. The number of carbonyl (C=O) groups is 1. The number of benzene rings is 2. The second-order valence-corrected chi connectivity index (χ2v) is 7.79. The van der Waals surface area contributed by atoms with Crippen LogP contribution in [0.3, 0.4) is 0 Å². The van der Waals surface area contributed by atoms with E-state index in [1.54, 1.807) is 19.2 Å². The van der Waals surface area contributed by atoms with Crippen LogP contribution in [0, 0.1) is 5.82 Å². The second kappa shape index (κ2) is 13.9. The van der Waals surface area contributed by atoms with Crippen molar-refractivity contribution >= 4 is 35.8 Å². The van der Waals surface area contributed by atoms with Crippen molar-refractivity contribution in [1.82, 2.24) is 16.0 Å². The Kier molecular flexibility index (Phi) is 11.2. The largest absolute Gasteiger partial charge is 0.489 e. The van der Waals surface area contributed by atoms with E-state index in [0.717, 1.165) is 24.8 Å². The van der Waals surface area contributed by atoms with Gasteiger partial charge in [-0.15, -0.1) is 24.0 Å². The molecule has 3 rings (SSSR count). The third kappa shape index (κ3) is 10.3. The summed E-state index contributed by atoms with van der Waals surface area (Å²) in [7, 11) is 1.71. The van der Waals surface area contributed by atoms with Crippen LogP contribution in [0.25, 0.3) is 0 Å². The minimum absolute atomic E-state index is 0. The van der Waals surface area contributed by atoms with E-state index in [2.05, 4.69) is 20.9 Å². The molecular formula is C24H32FIN4O3. The normalized spacial score (nSPS) is 14.0. The molecule has 180 valence electrons. The fourth-order valence-electron chi connectivity index (χ4n) is 3.00. The smallest absolute Gasteiger partial charge is 0.258 e. The van der Waals surface area contributed by atoms with Crippen molar-refractivity contribution in [2.45, 2.75) is 38.3 Å². The minimum Gasteiger partial charge on any atom is -0.489 e. The van der Waals surface area contributed by atoms with Crippen LogP contribution in [0.4, 0.5) is 4.39 Å². The van der Waals surface area contributed by atoms with Gasteiger partial charge in [-0.25, -0.2) is 4.39 Å². The molecule has 1 fully saturated rings. The number of halogens is 2. The van der Waals surface area contributed by atoms with Crippen LogP contribution in [-0.2, 0) is 11.2 Å². The molecule has 0 radical (unpaired) electrons. The number of guanidine groups is 1. The highest BCUT2D eigenvalue weighted by molar-refractivity contribution is 14.0. The molecule has 9 heteroatoms. The van der Waals surface area contributed by atoms with E-state index in [-0.39, 0.29) is 48.4 Å². The molecule has 2 aromatic rings. The minimum atomic E-state index is -0.321. The second-order valence-electron chi connectivity index (χ2n) is 7.79. The van der Waals surface area contributed by atoms with Crippen LogP contribution in [0.5, 0.6) is 11.5 Å². The molecular weight excluding hydrogens is 538 g/mol. The van der Waals surface area contributed by atoms with Crippen LogP contribution < -0.4 is 25.4 Å². The predicted octanol–water partition coefficient (Wildman–Crippen LogP) is 3.28. The summed E-state index contributed by atoms with van der Waals surface area (Å²) in [6.45, 7) is 3.17. The Morgan fingerprint density at radius 3 is 2.58 bits per heavy atom. The summed E-state index contributed by atoms with van der Waals surface area (Å²) in [6.07, 6.45) is 2.78. The van der Waals surface area contributed by atoms with E-state index < -0.39 is 0 Å². The van der Waals surface area contributed by atoms with Crippen molar-refractivity contribution < 1.29 is 18.7 Å². The molecule has 0 saturated heterocycles. The number of rotatable bonds is 11. The summed E-state index contributed by atoms with van der Waals surface area (Å²) in [6, 6.07) is 14.2. The van der Waals surface area contributed by atoms with Crippen molar-refractivity contribution in [2.75, 3.05) is 26.7 Å². The lowest BCUT2D eigenvalue weighted by atomic mass is 10.1. The maximum absolute atomic E-state index is 13.3. The Bertz CT molecular complexity index is 907. The molecule has 0 aliphatic heterocycles. The zero-order valence-electron chi connectivity index (χ0n) is 19.0. The number of hydrogen-bond donors (Lipinski definition) is 3. The van der Waals surface area contributed by atoms with Gasteiger partial charge in [-0.05, 0) is 56.0 Å². The highest BCUT2D eigenvalue weighted by atomic mass is 127. The van der Waals surface area contributed by atoms with E-state index in [0.29, 0.717) is 36.6 Å². The first-order valence-electron chi connectivity index (χ1n) is 10.9. The predicted molar refractivity (Wildman–Crippen MR) is 138 cm³/mol. The molecule has 0 heterocycles. The van der Waals surface area contributed by atoms with Crippen molar-refractivity contribution in [3.05, 3.63) is 59.9 Å². The third-order valence-electron chi connectivity index (χ3n) is 4.86. The number of nitrogens with one attached hydrogen (secondary N) is 3. The lowest BCUT2D eigenvalue weighted by Crippen LogP contribution is -2.42. The first-order chi connectivity index (χ1) is 15.5. The summed E-state index contributed by atoms with van der Waals surface area (Å²) < 4.78 is 24.5. The average Bonchev–Trinajstić information content (AvgIpc) is 3.59. The first kappa shape index (κ1) is 26.7. The molecule has 2 aromatic carbocycles. The molecule has 0 spiro atoms. The Hall–Kier alpha value is -2.56. The van der Waals surface area contributed by atoms with Crippen LogP contribution in [0.2, 0.25) is 0 Å². The summed E-state index contributed by atoms with van der Waals surface area (Å²) in [4.78, 5) is 15.9. The zero-order valence-corrected chi connectivity index (χ0v) is 21.3. The van der Waals surface area contributed by atoms with E-state index in [1.807, 2.05) is 31.2 Å². The standard InChI is InChI=1S/C24H31FN4O3.HI/c1-17(32-22-5-3-4-19(25)14-22)15-28-24(26-2)27-13-12-18-6-10-21(11-7-18)31-16-23(30)29-20-8-9-20;/h3-7,10-11,14,17,20H,8-9,12-13,15-16H2,1-2H3,(H,29,30)(H2,26,27,28);1H. The van der Waals surface area contributed by atoms with Crippen molar-refractivity contribution in [2.24, 2.45) is 4.99 Å². The van der Waals surface area contributed by atoms with E-state index in [1.165, 1.54) is 12.1 Å². The van der Waals surface area contributed by atoms with Gasteiger partial charge in [0.25, 0.3) is 5.91 Å². The number of hydrogen-bond acceptors (Lipinski definition) is 4. The van der Waals surface area contributed by atoms with Gasteiger partial charge in [0.15, 0.2) is 12.6 Å². The van der Waals surface area contributed by atoms with Crippen molar-refractivity contribution in [3.8, 4) is 11.5 Å². The van der Waals surface area contributed by atoms with Gasteiger partial charge < -0.3 is 25.4 Å². The van der Waals surface area contributed by atoms with Gasteiger partial charge in [-0.3, -0.25) is 9.79 Å². The highest BCUT2D eigenvalue weighted by Crippen LogP contribution is 2.18. The molecule has 1 atom stereocenters. The average molecular weight is 570 g/mol. The van der Waals surface area contributed by atoms with Gasteiger partial charge in [0.1, 0.15) is 23.4 Å². The molecule has 1 saturated carbocycles. The van der Waals surface area contributed by atoms with Gasteiger partial charge in [-0.2, -0.15) is 0 Å². The van der Waals surface area contributed by atoms with E-state index in [9.17, 15) is 9.18 Å². The Labute approximate surface area is 211 Å². The van der Waals surface area contributed by atoms with Crippen LogP contribution in [0.15, 0.2) is 53.5 Å². The van der Waals surface area contributed by atoms with E-state index >= 15 is 0 Å². The Morgan fingerprint density at radius 2 is 1.91 bits per heavy atom. The lowest BCUT2D eigenvalue weighted by Gasteiger charge is -2.18. The topological polar surface area (TPSA) is 84.0 Å². The molecule has 0 bridgehead atoms. The van der Waals surface area contributed by atoms with E-state index in [4.69, 9.17) is 9.47 Å². The molecule has 33 heavy (non-hydrogen) atoms. The summed E-state index contributed by atoms with van der Waals surface area (Å²) in [5, 5.41) is 9.37. The third-order valence-corrected chi connectivity index (χ3v) is 4.86. The van der Waals surface area contributed by atoms with Gasteiger partial charge >= 0.3 is 0 Å². The fourth-order valence-corrected chi connectivity index (χ4v) is 3.00. The van der Waals surface area contributed by atoms with Gasteiger partial charge in [0.05, 0.1) is 6.54 Å². The molecule has 3 N–H and O–H groups in total. The van der Waals surface area contributed by atoms with Crippen molar-refractivity contribution in [3.63, 3.8) is 0 Å². The van der Waals surface area contributed by atoms with Crippen molar-refractivity contribution in [1.29, 1.82) is 0 Å². The van der Waals surface area contributed by atoms with Gasteiger partial charge in [0.2, 0.25) is 0 Å². The number of amides is 1. The number of ether oxygens (including phenoxy) is 2. The molecule has 7 nitrogen and oxygen atoms in total. The highest BCUT2D eigenvalue weighted by Gasteiger charge is 2.23. The fraction of sp³-hybridized carbons (Fsp3) is 0.417. The molecule has 1 aliphatic carbocycles. The number of nitrogens with zero attached hydrogens (tertiary/aromatic N) is 1. The van der Waals surface area contributed by atoms with Gasteiger partial charge in [0, 0.05) is 25.7 Å². The zero-order chi connectivity index (χ0) is 22.8. The molecule has 1 unspecified atom stereocenters. The van der Waals surface area contributed by atoms with Crippen LogP contribution >= 0.6 is 24.0 Å². The molecule has 0 aromatic heterocycles.